The fourth-order valence-electron chi connectivity index (χ4n) is 5.02. The summed E-state index contributed by atoms with van der Waals surface area (Å²) in [6, 6.07) is 11.4. The van der Waals surface area contributed by atoms with E-state index in [9.17, 15) is 9.18 Å². The van der Waals surface area contributed by atoms with E-state index in [4.69, 9.17) is 14.2 Å². The third-order valence-electron chi connectivity index (χ3n) is 6.41. The van der Waals surface area contributed by atoms with Gasteiger partial charge in [0.2, 0.25) is 5.91 Å². The number of rotatable bonds is 2. The van der Waals surface area contributed by atoms with Crippen molar-refractivity contribution in [2.45, 2.75) is 30.5 Å². The van der Waals surface area contributed by atoms with Crippen molar-refractivity contribution in [2.75, 3.05) is 31.3 Å². The zero-order valence-electron chi connectivity index (χ0n) is 15.3. The van der Waals surface area contributed by atoms with E-state index in [1.807, 2.05) is 29.2 Å². The molecule has 0 bridgehead atoms. The number of halogens is 1. The van der Waals surface area contributed by atoms with Gasteiger partial charge in [0.05, 0.1) is 12.6 Å². The number of hydrogen-bond acceptors (Lipinski definition) is 4. The van der Waals surface area contributed by atoms with Gasteiger partial charge in [-0.15, -0.1) is 0 Å². The zero-order valence-corrected chi connectivity index (χ0v) is 15.3. The number of fused-ring (bicyclic) bond motifs is 5. The van der Waals surface area contributed by atoms with Gasteiger partial charge in [-0.3, -0.25) is 4.79 Å². The number of alkyl halides is 1. The lowest BCUT2D eigenvalue weighted by Gasteiger charge is -2.25. The fraction of sp³-hybridized carbons (Fsp3) is 0.409. The molecule has 1 fully saturated rings. The molecule has 2 aromatic rings. The number of nitrogens with zero attached hydrogens (tertiary/aromatic N) is 1. The van der Waals surface area contributed by atoms with Crippen LogP contribution < -0.4 is 14.4 Å². The normalized spacial score (nSPS) is 29.6. The Morgan fingerprint density at radius 2 is 2.04 bits per heavy atom. The topological polar surface area (TPSA) is 48.0 Å². The number of benzene rings is 2. The lowest BCUT2D eigenvalue weighted by molar-refractivity contribution is -0.122. The Bertz CT molecular complexity index is 986. The van der Waals surface area contributed by atoms with E-state index in [-0.39, 0.29) is 25.2 Å². The molecule has 2 aromatic carbocycles. The highest BCUT2D eigenvalue weighted by Crippen LogP contribution is 2.54. The van der Waals surface area contributed by atoms with Crippen LogP contribution in [-0.2, 0) is 14.9 Å². The van der Waals surface area contributed by atoms with Crippen molar-refractivity contribution in [2.24, 2.45) is 0 Å². The maximum atomic E-state index is 14.3. The van der Waals surface area contributed by atoms with Crippen LogP contribution in [0.25, 0.3) is 0 Å². The van der Waals surface area contributed by atoms with Gasteiger partial charge in [0.25, 0.3) is 0 Å². The van der Waals surface area contributed by atoms with Crippen LogP contribution >= 0.6 is 0 Å². The largest absolute Gasteiger partial charge is 0.491 e. The molecular weight excluding hydrogens is 361 g/mol. The molecule has 6 rings (SSSR count). The molecule has 1 saturated heterocycles. The van der Waals surface area contributed by atoms with Crippen LogP contribution in [0.4, 0.5) is 10.1 Å². The monoisotopic (exact) mass is 381 g/mol. The molecule has 3 atom stereocenters. The molecule has 6 heteroatoms. The van der Waals surface area contributed by atoms with Gasteiger partial charge in [0.1, 0.15) is 30.1 Å². The summed E-state index contributed by atoms with van der Waals surface area (Å²) in [5.74, 6) is 1.10. The molecule has 4 aliphatic heterocycles. The van der Waals surface area contributed by atoms with Crippen LogP contribution in [0.15, 0.2) is 36.4 Å². The Morgan fingerprint density at radius 3 is 2.89 bits per heavy atom. The number of ether oxygens (including phenoxy) is 3. The molecule has 1 spiro atoms. The second-order valence-electron chi connectivity index (χ2n) is 7.93. The zero-order chi connectivity index (χ0) is 18.9. The fourth-order valence-corrected chi connectivity index (χ4v) is 5.02. The SMILES string of the molecule is O=C1N(C[C@H]2CCCO2)c2ccccc2C12COc1cc3c(cc12)C(F)CO3. The van der Waals surface area contributed by atoms with Crippen molar-refractivity contribution in [3.05, 3.63) is 53.1 Å². The number of hydrogen-bond donors (Lipinski definition) is 0. The molecule has 144 valence electrons. The first-order chi connectivity index (χ1) is 13.7. The Balaban J connectivity index is 1.50. The van der Waals surface area contributed by atoms with Crippen molar-refractivity contribution in [3.8, 4) is 11.5 Å². The maximum Gasteiger partial charge on any atom is 0.245 e. The van der Waals surface area contributed by atoms with Crippen molar-refractivity contribution in [1.29, 1.82) is 0 Å². The summed E-state index contributed by atoms with van der Waals surface area (Å²) >= 11 is 0. The molecule has 1 amide bonds. The third-order valence-corrected chi connectivity index (χ3v) is 6.41. The van der Waals surface area contributed by atoms with Gasteiger partial charge in [0.15, 0.2) is 6.17 Å². The molecule has 4 aliphatic rings. The van der Waals surface area contributed by atoms with Gasteiger partial charge in [0, 0.05) is 29.5 Å². The second kappa shape index (κ2) is 5.70. The predicted octanol–water partition coefficient (Wildman–Crippen LogP) is 3.29. The van der Waals surface area contributed by atoms with Crippen LogP contribution in [0, 0.1) is 0 Å². The van der Waals surface area contributed by atoms with E-state index in [2.05, 4.69) is 0 Å². The predicted molar refractivity (Wildman–Crippen MR) is 99.8 cm³/mol. The Labute approximate surface area is 162 Å². The van der Waals surface area contributed by atoms with Crippen LogP contribution in [0.1, 0.15) is 35.7 Å². The van der Waals surface area contributed by atoms with Gasteiger partial charge in [-0.1, -0.05) is 18.2 Å². The van der Waals surface area contributed by atoms with E-state index in [1.165, 1.54) is 0 Å². The summed E-state index contributed by atoms with van der Waals surface area (Å²) in [4.78, 5) is 15.6. The van der Waals surface area contributed by atoms with Crippen LogP contribution in [0.5, 0.6) is 11.5 Å². The summed E-state index contributed by atoms with van der Waals surface area (Å²) in [5, 5.41) is 0. The molecule has 0 aromatic heterocycles. The molecule has 0 aliphatic carbocycles. The Hall–Kier alpha value is -2.60. The maximum absolute atomic E-state index is 14.3. The lowest BCUT2D eigenvalue weighted by Crippen LogP contribution is -2.45. The number of carbonyl (C=O) groups excluding carboxylic acids is 1. The van der Waals surface area contributed by atoms with Gasteiger partial charge in [-0.25, -0.2) is 4.39 Å². The molecule has 5 nitrogen and oxygen atoms in total. The van der Waals surface area contributed by atoms with Crippen molar-refractivity contribution in [1.82, 2.24) is 0 Å². The first-order valence-electron chi connectivity index (χ1n) is 9.79. The number of para-hydroxylation sites is 1. The van der Waals surface area contributed by atoms with Gasteiger partial charge >= 0.3 is 0 Å². The molecule has 2 unspecified atom stereocenters. The van der Waals surface area contributed by atoms with Crippen LogP contribution in [0.2, 0.25) is 0 Å². The van der Waals surface area contributed by atoms with Gasteiger partial charge in [-0.2, -0.15) is 0 Å². The van der Waals surface area contributed by atoms with Crippen molar-refractivity contribution < 1.29 is 23.4 Å². The summed E-state index contributed by atoms with van der Waals surface area (Å²) in [6.45, 7) is 1.52. The summed E-state index contributed by atoms with van der Waals surface area (Å²) in [6.07, 6.45) is 0.862. The minimum atomic E-state index is -1.17. The number of carbonyl (C=O) groups is 1. The van der Waals surface area contributed by atoms with E-state index in [1.54, 1.807) is 12.1 Å². The highest BCUT2D eigenvalue weighted by atomic mass is 19.1. The van der Waals surface area contributed by atoms with E-state index in [0.717, 1.165) is 36.3 Å². The minimum Gasteiger partial charge on any atom is -0.491 e. The summed E-state index contributed by atoms with van der Waals surface area (Å²) < 4.78 is 31.5. The van der Waals surface area contributed by atoms with Crippen LogP contribution in [-0.4, -0.2) is 38.4 Å². The van der Waals surface area contributed by atoms with Gasteiger partial charge in [-0.05, 0) is 30.5 Å². The van der Waals surface area contributed by atoms with E-state index < -0.39 is 11.6 Å². The summed E-state index contributed by atoms with van der Waals surface area (Å²) in [7, 11) is 0. The molecule has 0 saturated carbocycles. The molecule has 0 radical (unpaired) electrons. The second-order valence-corrected chi connectivity index (χ2v) is 7.93. The Morgan fingerprint density at radius 1 is 1.14 bits per heavy atom. The highest BCUT2D eigenvalue weighted by Gasteiger charge is 2.57. The standard InChI is InChI=1S/C22H20FNO4/c23-17-11-27-19-9-20-16(8-14(17)19)22(12-28-20)15-5-1-2-6-18(15)24(21(22)25)10-13-4-3-7-26-13/h1-2,5-6,8-9,13,17H,3-4,7,10-12H2/t13-,17?,22?/m1/s1. The van der Waals surface area contributed by atoms with Crippen molar-refractivity contribution in [3.63, 3.8) is 0 Å². The smallest absolute Gasteiger partial charge is 0.245 e. The molecule has 28 heavy (non-hydrogen) atoms. The van der Waals surface area contributed by atoms with Crippen molar-refractivity contribution >= 4 is 11.6 Å². The van der Waals surface area contributed by atoms with E-state index >= 15 is 0 Å². The first kappa shape index (κ1) is 16.4. The van der Waals surface area contributed by atoms with Gasteiger partial charge < -0.3 is 19.1 Å². The Kier molecular flexibility index (Phi) is 3.33. The number of amides is 1. The van der Waals surface area contributed by atoms with Crippen LogP contribution in [0.3, 0.4) is 0 Å². The molecule has 0 N–H and O–H groups in total. The molecular formula is C22H20FNO4. The highest BCUT2D eigenvalue weighted by molar-refractivity contribution is 6.11. The lowest BCUT2D eigenvalue weighted by atomic mass is 9.76. The average molecular weight is 381 g/mol. The molecule has 4 heterocycles. The number of anilines is 1. The van der Waals surface area contributed by atoms with E-state index in [0.29, 0.717) is 23.6 Å². The summed E-state index contributed by atoms with van der Waals surface area (Å²) in [5.41, 5.74) is 2.14. The first-order valence-corrected chi connectivity index (χ1v) is 9.79. The third kappa shape index (κ3) is 2.01. The quantitative estimate of drug-likeness (QED) is 0.801. The minimum absolute atomic E-state index is 0.0148. The average Bonchev–Trinajstić information content (AvgIpc) is 3.47.